The Morgan fingerprint density at radius 2 is 1.89 bits per heavy atom. The van der Waals surface area contributed by atoms with E-state index in [-0.39, 0.29) is 60.2 Å². The van der Waals surface area contributed by atoms with Crippen molar-refractivity contribution in [3.05, 3.63) is 46.5 Å². The first-order valence-corrected chi connectivity index (χ1v) is 12.4. The van der Waals surface area contributed by atoms with Gasteiger partial charge in [0.15, 0.2) is 6.17 Å². The number of alkyl halides is 4. The molecule has 188 valence electrons. The normalized spacial score (nSPS) is 25.6. The molecule has 0 spiro atoms. The predicted octanol–water partition coefficient (Wildman–Crippen LogP) is 4.48. The van der Waals surface area contributed by atoms with Crippen LogP contribution < -0.4 is 10.1 Å². The molecule has 36 heavy (non-hydrogen) atoms. The molecule has 1 aliphatic carbocycles. The minimum atomic E-state index is -4.58. The summed E-state index contributed by atoms with van der Waals surface area (Å²) in [6.07, 6.45) is -4.59. The summed E-state index contributed by atoms with van der Waals surface area (Å²) in [6, 6.07) is 5.37. The van der Waals surface area contributed by atoms with Crippen molar-refractivity contribution >= 4 is 33.4 Å². The highest BCUT2D eigenvalue weighted by Gasteiger charge is 2.58. The van der Waals surface area contributed by atoms with Crippen LogP contribution in [0.3, 0.4) is 0 Å². The molecular weight excluding hydrogens is 498 g/mol. The first-order valence-electron chi connectivity index (χ1n) is 11.6. The molecule has 2 aliphatic heterocycles. The van der Waals surface area contributed by atoms with Crippen molar-refractivity contribution in [2.24, 2.45) is 11.8 Å². The van der Waals surface area contributed by atoms with Crippen LogP contribution in [0.4, 0.5) is 17.6 Å². The Bertz CT molecular complexity index is 1390. The first kappa shape index (κ1) is 23.4. The number of imide groups is 1. The van der Waals surface area contributed by atoms with Crippen molar-refractivity contribution in [3.63, 3.8) is 0 Å². The summed E-state index contributed by atoms with van der Waals surface area (Å²) < 4.78 is 62.1. The van der Waals surface area contributed by atoms with Gasteiger partial charge in [0.05, 0.1) is 34.2 Å². The van der Waals surface area contributed by atoms with Crippen LogP contribution >= 0.6 is 11.3 Å². The predicted molar refractivity (Wildman–Crippen MR) is 124 cm³/mol. The SMILES string of the molecule is Cc1cc(C(F)(F)F)cc(-c2ccnc3cc(CN4C(=O)C5CC5C4=O)sc23)c1O[C@@H]1CNC[C@@H]1F. The van der Waals surface area contributed by atoms with Gasteiger partial charge >= 0.3 is 6.18 Å². The van der Waals surface area contributed by atoms with E-state index in [1.165, 1.54) is 29.4 Å². The summed E-state index contributed by atoms with van der Waals surface area (Å²) in [4.78, 5) is 31.1. The number of halogens is 4. The van der Waals surface area contributed by atoms with E-state index in [1.54, 1.807) is 12.1 Å². The van der Waals surface area contributed by atoms with E-state index in [0.717, 1.165) is 12.1 Å². The van der Waals surface area contributed by atoms with Gasteiger partial charge in [-0.25, -0.2) is 4.39 Å². The van der Waals surface area contributed by atoms with Gasteiger partial charge in [-0.05, 0) is 43.2 Å². The lowest BCUT2D eigenvalue weighted by Crippen LogP contribution is -2.31. The van der Waals surface area contributed by atoms with Gasteiger partial charge in [-0.1, -0.05) is 0 Å². The number of hydrogen-bond acceptors (Lipinski definition) is 6. The van der Waals surface area contributed by atoms with Crippen LogP contribution in [-0.4, -0.2) is 47.1 Å². The number of rotatable bonds is 5. The van der Waals surface area contributed by atoms with Crippen molar-refractivity contribution in [1.82, 2.24) is 15.2 Å². The molecule has 0 bridgehead atoms. The Morgan fingerprint density at radius 3 is 2.56 bits per heavy atom. The molecule has 6 rings (SSSR count). The number of benzene rings is 1. The number of thiophene rings is 1. The summed E-state index contributed by atoms with van der Waals surface area (Å²) in [5.74, 6) is -0.584. The molecule has 1 N–H and O–H groups in total. The van der Waals surface area contributed by atoms with Crippen LogP contribution in [0.2, 0.25) is 0 Å². The first-order chi connectivity index (χ1) is 17.1. The molecule has 6 nitrogen and oxygen atoms in total. The Kier molecular flexibility index (Phi) is 5.34. The van der Waals surface area contributed by atoms with Crippen molar-refractivity contribution in [2.75, 3.05) is 13.1 Å². The van der Waals surface area contributed by atoms with Crippen LogP contribution in [0.15, 0.2) is 30.5 Å². The molecule has 1 saturated carbocycles. The Hall–Kier alpha value is -3.05. The number of nitrogens with one attached hydrogen (secondary N) is 1. The number of amides is 2. The number of hydrogen-bond donors (Lipinski definition) is 1. The number of likely N-dealkylation sites (tertiary alicyclic amines) is 1. The van der Waals surface area contributed by atoms with E-state index in [4.69, 9.17) is 4.74 Å². The van der Waals surface area contributed by atoms with Gasteiger partial charge in [-0.2, -0.15) is 13.2 Å². The number of fused-ring (bicyclic) bond motifs is 2. The average Bonchev–Trinajstić information content (AvgIpc) is 3.27. The molecule has 0 radical (unpaired) electrons. The van der Waals surface area contributed by atoms with Crippen LogP contribution in [0, 0.1) is 18.8 Å². The number of aryl methyl sites for hydroxylation is 1. The molecule has 4 atom stereocenters. The molecule has 2 aromatic heterocycles. The third-order valence-electron chi connectivity index (χ3n) is 6.98. The van der Waals surface area contributed by atoms with Crippen LogP contribution in [0.1, 0.15) is 22.4 Å². The van der Waals surface area contributed by atoms with Crippen LogP contribution in [0.5, 0.6) is 5.75 Å². The molecule has 1 aromatic carbocycles. The van der Waals surface area contributed by atoms with Gasteiger partial charge in [-0.15, -0.1) is 11.3 Å². The fourth-order valence-corrected chi connectivity index (χ4v) is 6.15. The largest absolute Gasteiger partial charge is 0.485 e. The maximum absolute atomic E-state index is 14.3. The standard InChI is InChI=1S/C25H21F4N3O3S/c1-11-4-12(25(27,28)29)5-15(21(11)35-20-9-30-8-18(20)26)14-2-3-31-19-6-13(36-22(14)19)10-32-23(33)16-7-17(16)24(32)34/h2-6,16-18,20,30H,7-10H2,1H3/t16?,17?,18-,20+/m0/s1. The smallest absolute Gasteiger partial charge is 0.416 e. The molecular formula is C25H21F4N3O3S. The van der Waals surface area contributed by atoms with Gasteiger partial charge in [0.1, 0.15) is 11.9 Å². The zero-order valence-corrected chi connectivity index (χ0v) is 19.9. The van der Waals surface area contributed by atoms with Gasteiger partial charge in [0, 0.05) is 35.3 Å². The summed E-state index contributed by atoms with van der Waals surface area (Å²) in [6.45, 7) is 1.98. The van der Waals surface area contributed by atoms with E-state index in [9.17, 15) is 27.2 Å². The quantitative estimate of drug-likeness (QED) is 0.398. The molecule has 3 aliphatic rings. The monoisotopic (exact) mass is 519 g/mol. The maximum Gasteiger partial charge on any atom is 0.416 e. The molecule has 4 heterocycles. The molecule has 2 unspecified atom stereocenters. The highest BCUT2D eigenvalue weighted by molar-refractivity contribution is 7.19. The second-order valence-electron chi connectivity index (χ2n) is 9.50. The van der Waals surface area contributed by atoms with E-state index < -0.39 is 24.0 Å². The van der Waals surface area contributed by atoms with Gasteiger partial charge in [0.25, 0.3) is 0 Å². The molecule has 2 amide bonds. The van der Waals surface area contributed by atoms with Crippen molar-refractivity contribution in [3.8, 4) is 16.9 Å². The summed E-state index contributed by atoms with van der Waals surface area (Å²) >= 11 is 1.27. The highest BCUT2D eigenvalue weighted by Crippen LogP contribution is 2.48. The van der Waals surface area contributed by atoms with E-state index in [0.29, 0.717) is 27.1 Å². The van der Waals surface area contributed by atoms with E-state index in [1.807, 2.05) is 0 Å². The number of pyridine rings is 1. The maximum atomic E-state index is 14.3. The lowest BCUT2D eigenvalue weighted by atomic mass is 9.98. The second-order valence-corrected chi connectivity index (χ2v) is 10.6. The summed E-state index contributed by atoms with van der Waals surface area (Å²) in [5.41, 5.74) is 0.593. The molecule has 3 fully saturated rings. The summed E-state index contributed by atoms with van der Waals surface area (Å²) in [5, 5.41) is 2.89. The fraction of sp³-hybridized carbons (Fsp3) is 0.400. The lowest BCUT2D eigenvalue weighted by Gasteiger charge is -2.22. The number of piperidine rings is 1. The lowest BCUT2D eigenvalue weighted by molar-refractivity contribution is -0.142. The number of nitrogens with zero attached hydrogens (tertiary/aromatic N) is 2. The van der Waals surface area contributed by atoms with Gasteiger partial charge < -0.3 is 10.1 Å². The molecule has 3 aromatic rings. The number of ether oxygens (including phenoxy) is 1. The Labute approximate surface area is 207 Å². The zero-order valence-electron chi connectivity index (χ0n) is 19.1. The number of carbonyl (C=O) groups is 2. The molecule has 11 heteroatoms. The second kappa shape index (κ2) is 8.24. The van der Waals surface area contributed by atoms with E-state index in [2.05, 4.69) is 10.3 Å². The van der Waals surface area contributed by atoms with Crippen LogP contribution in [-0.2, 0) is 22.3 Å². The summed E-state index contributed by atoms with van der Waals surface area (Å²) in [7, 11) is 0. The average molecular weight is 520 g/mol. The van der Waals surface area contributed by atoms with Crippen molar-refractivity contribution in [1.29, 1.82) is 0 Å². The van der Waals surface area contributed by atoms with Crippen molar-refractivity contribution in [2.45, 2.75) is 38.3 Å². The third kappa shape index (κ3) is 3.85. The topological polar surface area (TPSA) is 71.5 Å². The highest BCUT2D eigenvalue weighted by atomic mass is 32.1. The minimum absolute atomic E-state index is 0.105. The Balaban J connectivity index is 1.43. The fourth-order valence-electron chi connectivity index (χ4n) is 5.02. The van der Waals surface area contributed by atoms with Crippen molar-refractivity contribution < 1.29 is 31.9 Å². The van der Waals surface area contributed by atoms with Crippen LogP contribution in [0.25, 0.3) is 21.3 Å². The zero-order chi connectivity index (χ0) is 25.4. The number of aromatic nitrogens is 1. The van der Waals surface area contributed by atoms with E-state index >= 15 is 0 Å². The number of carbonyl (C=O) groups excluding carboxylic acids is 2. The molecule has 2 saturated heterocycles. The van der Waals surface area contributed by atoms with Gasteiger partial charge in [0.2, 0.25) is 11.8 Å². The minimum Gasteiger partial charge on any atom is -0.485 e. The third-order valence-corrected chi connectivity index (χ3v) is 8.13. The Morgan fingerprint density at radius 1 is 1.14 bits per heavy atom. The van der Waals surface area contributed by atoms with Gasteiger partial charge in [-0.3, -0.25) is 19.5 Å².